The molecule has 0 radical (unpaired) electrons. The molecular formula is C16H25N3O. The van der Waals surface area contributed by atoms with Gasteiger partial charge in [-0.15, -0.1) is 0 Å². The van der Waals surface area contributed by atoms with Crippen molar-refractivity contribution in [2.45, 2.75) is 31.7 Å². The van der Waals surface area contributed by atoms with Crippen molar-refractivity contribution in [3.8, 4) is 5.75 Å². The van der Waals surface area contributed by atoms with Crippen molar-refractivity contribution in [2.24, 2.45) is 0 Å². The van der Waals surface area contributed by atoms with Crippen LogP contribution in [-0.4, -0.2) is 44.2 Å². The van der Waals surface area contributed by atoms with Crippen LogP contribution in [0.15, 0.2) is 12.1 Å². The number of benzene rings is 1. The number of rotatable bonds is 2. The molecule has 1 saturated heterocycles. The maximum absolute atomic E-state index is 6.04. The quantitative estimate of drug-likeness (QED) is 0.633. The minimum Gasteiger partial charge on any atom is -0.494 e. The van der Waals surface area contributed by atoms with E-state index in [0.717, 1.165) is 37.4 Å². The molecule has 3 rings (SSSR count). The van der Waals surface area contributed by atoms with Crippen LogP contribution < -0.4 is 15.8 Å². The van der Waals surface area contributed by atoms with Gasteiger partial charge in [0, 0.05) is 32.2 Å². The number of hydrogen-bond acceptors (Lipinski definition) is 4. The second-order valence-corrected chi connectivity index (χ2v) is 5.84. The molecule has 4 nitrogen and oxygen atoms in total. The predicted octanol–water partition coefficient (Wildman–Crippen LogP) is 1.43. The largest absolute Gasteiger partial charge is 0.494 e. The number of anilines is 1. The summed E-state index contributed by atoms with van der Waals surface area (Å²) in [4.78, 5) is 2.65. The normalized spacial score (nSPS) is 23.9. The molecular weight excluding hydrogens is 250 g/mol. The molecule has 1 heterocycles. The highest BCUT2D eigenvalue weighted by Gasteiger charge is 2.25. The molecule has 1 aliphatic heterocycles. The van der Waals surface area contributed by atoms with Crippen LogP contribution in [0, 0.1) is 0 Å². The van der Waals surface area contributed by atoms with Crippen LogP contribution in [0.3, 0.4) is 0 Å². The summed E-state index contributed by atoms with van der Waals surface area (Å²) in [6.45, 7) is 4.61. The van der Waals surface area contributed by atoms with Gasteiger partial charge >= 0.3 is 0 Å². The van der Waals surface area contributed by atoms with Gasteiger partial charge in [0.05, 0.1) is 12.8 Å². The molecule has 1 aliphatic carbocycles. The van der Waals surface area contributed by atoms with Crippen molar-refractivity contribution in [2.75, 3.05) is 39.0 Å². The first-order chi connectivity index (χ1) is 9.79. The molecule has 1 aromatic carbocycles. The summed E-state index contributed by atoms with van der Waals surface area (Å²) >= 11 is 0. The molecule has 1 aromatic rings. The zero-order valence-corrected chi connectivity index (χ0v) is 12.3. The van der Waals surface area contributed by atoms with Crippen molar-refractivity contribution in [3.63, 3.8) is 0 Å². The van der Waals surface area contributed by atoms with E-state index in [1.54, 1.807) is 7.11 Å². The number of nitrogens with two attached hydrogens (primary N) is 1. The summed E-state index contributed by atoms with van der Waals surface area (Å²) in [6, 6.07) is 4.88. The molecule has 0 aromatic heterocycles. The first kappa shape index (κ1) is 13.7. The monoisotopic (exact) mass is 275 g/mol. The molecule has 1 fully saturated rings. The van der Waals surface area contributed by atoms with Crippen LogP contribution in [0.2, 0.25) is 0 Å². The molecule has 3 N–H and O–H groups in total. The summed E-state index contributed by atoms with van der Waals surface area (Å²) < 4.78 is 5.53. The molecule has 20 heavy (non-hydrogen) atoms. The van der Waals surface area contributed by atoms with E-state index in [1.807, 2.05) is 6.07 Å². The standard InChI is InChI=1S/C16H25N3O/c1-20-16-14-6-5-13(19-10-8-18-9-11-19)4-2-12(14)3-7-15(16)17/h3,7,13,18H,2,4-6,8-11,17H2,1H3. The minimum absolute atomic E-state index is 0.704. The number of aryl methyl sites for hydroxylation is 1. The zero-order valence-electron chi connectivity index (χ0n) is 12.3. The molecule has 110 valence electrons. The number of nitrogen functional groups attached to an aromatic ring is 1. The third-order valence-corrected chi connectivity index (χ3v) is 4.73. The van der Waals surface area contributed by atoms with Crippen molar-refractivity contribution < 1.29 is 4.74 Å². The van der Waals surface area contributed by atoms with E-state index in [4.69, 9.17) is 10.5 Å². The van der Waals surface area contributed by atoms with Gasteiger partial charge in [-0.25, -0.2) is 0 Å². The number of piperazine rings is 1. The number of nitrogens with one attached hydrogen (secondary N) is 1. The average molecular weight is 275 g/mol. The lowest BCUT2D eigenvalue weighted by Gasteiger charge is -2.34. The third kappa shape index (κ3) is 2.63. The van der Waals surface area contributed by atoms with E-state index in [-0.39, 0.29) is 0 Å². The Labute approximate surface area is 121 Å². The lowest BCUT2D eigenvalue weighted by molar-refractivity contribution is 0.159. The predicted molar refractivity (Wildman–Crippen MR) is 82.3 cm³/mol. The second kappa shape index (κ2) is 6.02. The Hall–Kier alpha value is -1.26. The maximum Gasteiger partial charge on any atom is 0.145 e. The summed E-state index contributed by atoms with van der Waals surface area (Å²) in [7, 11) is 1.73. The van der Waals surface area contributed by atoms with Crippen molar-refractivity contribution in [3.05, 3.63) is 23.3 Å². The Balaban J connectivity index is 1.77. The molecule has 1 atom stereocenters. The Bertz CT molecular complexity index is 469. The fourth-order valence-corrected chi connectivity index (χ4v) is 3.63. The molecule has 0 bridgehead atoms. The highest BCUT2D eigenvalue weighted by atomic mass is 16.5. The van der Waals surface area contributed by atoms with Gasteiger partial charge in [0.2, 0.25) is 0 Å². The summed E-state index contributed by atoms with van der Waals surface area (Å²) in [5.41, 5.74) is 9.57. The number of ether oxygens (including phenoxy) is 1. The lowest BCUT2D eigenvalue weighted by atomic mass is 10.0. The summed E-state index contributed by atoms with van der Waals surface area (Å²) in [5, 5.41) is 3.43. The number of hydrogen-bond donors (Lipinski definition) is 2. The zero-order chi connectivity index (χ0) is 13.9. The Morgan fingerprint density at radius 1 is 1.20 bits per heavy atom. The van der Waals surface area contributed by atoms with Crippen LogP contribution in [0.5, 0.6) is 5.75 Å². The third-order valence-electron chi connectivity index (χ3n) is 4.73. The van der Waals surface area contributed by atoms with Gasteiger partial charge in [-0.1, -0.05) is 6.07 Å². The first-order valence-corrected chi connectivity index (χ1v) is 7.68. The van der Waals surface area contributed by atoms with Crippen molar-refractivity contribution in [1.29, 1.82) is 0 Å². The van der Waals surface area contributed by atoms with Crippen LogP contribution in [0.25, 0.3) is 0 Å². The maximum atomic E-state index is 6.04. The van der Waals surface area contributed by atoms with E-state index in [2.05, 4.69) is 16.3 Å². The van der Waals surface area contributed by atoms with Crippen LogP contribution in [0.4, 0.5) is 5.69 Å². The second-order valence-electron chi connectivity index (χ2n) is 5.84. The van der Waals surface area contributed by atoms with E-state index >= 15 is 0 Å². The summed E-state index contributed by atoms with van der Waals surface area (Å²) in [5.74, 6) is 0.906. The average Bonchev–Trinajstić information content (AvgIpc) is 2.71. The molecule has 0 amide bonds. The Kier molecular flexibility index (Phi) is 4.13. The van der Waals surface area contributed by atoms with Gasteiger partial charge in [-0.3, -0.25) is 4.90 Å². The van der Waals surface area contributed by atoms with Gasteiger partial charge in [0.1, 0.15) is 5.75 Å². The van der Waals surface area contributed by atoms with E-state index in [0.29, 0.717) is 6.04 Å². The van der Waals surface area contributed by atoms with Gasteiger partial charge in [0.15, 0.2) is 0 Å². The van der Waals surface area contributed by atoms with Crippen LogP contribution >= 0.6 is 0 Å². The van der Waals surface area contributed by atoms with E-state index < -0.39 is 0 Å². The minimum atomic E-state index is 0.704. The molecule has 0 spiro atoms. The SMILES string of the molecule is COc1c(N)ccc2c1CCC(N1CCNCC1)CC2. The smallest absolute Gasteiger partial charge is 0.145 e. The number of fused-ring (bicyclic) bond motifs is 1. The number of methoxy groups -OCH3 is 1. The van der Waals surface area contributed by atoms with E-state index in [9.17, 15) is 0 Å². The molecule has 4 heteroatoms. The van der Waals surface area contributed by atoms with Crippen LogP contribution in [-0.2, 0) is 12.8 Å². The Morgan fingerprint density at radius 3 is 2.70 bits per heavy atom. The van der Waals surface area contributed by atoms with Gasteiger partial charge in [-0.05, 0) is 42.9 Å². The molecule has 0 saturated carbocycles. The highest BCUT2D eigenvalue weighted by molar-refractivity contribution is 5.59. The van der Waals surface area contributed by atoms with Gasteiger partial charge < -0.3 is 15.8 Å². The fourth-order valence-electron chi connectivity index (χ4n) is 3.63. The molecule has 1 unspecified atom stereocenters. The van der Waals surface area contributed by atoms with Crippen molar-refractivity contribution >= 4 is 5.69 Å². The Morgan fingerprint density at radius 2 is 1.95 bits per heavy atom. The van der Waals surface area contributed by atoms with Gasteiger partial charge in [-0.2, -0.15) is 0 Å². The van der Waals surface area contributed by atoms with Crippen LogP contribution in [0.1, 0.15) is 24.0 Å². The number of nitrogens with zero attached hydrogens (tertiary/aromatic N) is 1. The lowest BCUT2D eigenvalue weighted by Crippen LogP contribution is -2.48. The summed E-state index contributed by atoms with van der Waals surface area (Å²) in [6.07, 6.45) is 4.69. The topological polar surface area (TPSA) is 50.5 Å². The van der Waals surface area contributed by atoms with Crippen molar-refractivity contribution in [1.82, 2.24) is 10.2 Å². The fraction of sp³-hybridized carbons (Fsp3) is 0.625. The van der Waals surface area contributed by atoms with E-state index in [1.165, 1.54) is 37.1 Å². The molecule has 2 aliphatic rings. The highest BCUT2D eigenvalue weighted by Crippen LogP contribution is 2.34. The van der Waals surface area contributed by atoms with Gasteiger partial charge in [0.25, 0.3) is 0 Å². The first-order valence-electron chi connectivity index (χ1n) is 7.68.